The van der Waals surface area contributed by atoms with Crippen molar-refractivity contribution in [1.82, 2.24) is 14.9 Å². The smallest absolute Gasteiger partial charge is 0.435 e. The Morgan fingerprint density at radius 2 is 1.83 bits per heavy atom. The van der Waals surface area contributed by atoms with E-state index in [2.05, 4.69) is 20.6 Å². The van der Waals surface area contributed by atoms with Crippen molar-refractivity contribution in [3.63, 3.8) is 0 Å². The predicted molar refractivity (Wildman–Crippen MR) is 148 cm³/mol. The third-order valence-electron chi connectivity index (χ3n) is 5.58. The Kier molecular flexibility index (Phi) is 9.71. The number of aliphatic imine (C=N–C) groups is 1. The maximum atomic E-state index is 13.4. The van der Waals surface area contributed by atoms with Gasteiger partial charge < -0.3 is 26.8 Å². The normalized spacial score (nSPS) is 11.8. The number of nitrogens with zero attached hydrogens (tertiary/aromatic N) is 3. The van der Waals surface area contributed by atoms with Gasteiger partial charge in [-0.15, -0.1) is 0 Å². The Bertz CT molecular complexity index is 1500. The molecule has 3 aromatic rings. The lowest BCUT2D eigenvalue weighted by atomic mass is 10.1. The molecule has 0 aliphatic heterocycles. The van der Waals surface area contributed by atoms with Crippen LogP contribution in [-0.2, 0) is 28.8 Å². The zero-order chi connectivity index (χ0) is 30.3. The predicted octanol–water partition coefficient (Wildman–Crippen LogP) is 3.51. The number of halogens is 3. The first kappa shape index (κ1) is 30.7. The summed E-state index contributed by atoms with van der Waals surface area (Å²) >= 11 is 0. The van der Waals surface area contributed by atoms with Crippen LogP contribution >= 0.6 is 0 Å². The van der Waals surface area contributed by atoms with Crippen LogP contribution in [0.4, 0.5) is 29.5 Å². The summed E-state index contributed by atoms with van der Waals surface area (Å²) in [5.41, 5.74) is 10.8. The molecule has 6 N–H and O–H groups in total. The number of nitrogens with two attached hydrogens (primary N) is 2. The minimum atomic E-state index is -4.68. The number of alkyl halides is 3. The van der Waals surface area contributed by atoms with Gasteiger partial charge in [0.2, 0.25) is 5.91 Å². The van der Waals surface area contributed by atoms with E-state index in [1.165, 1.54) is 12.3 Å². The van der Waals surface area contributed by atoms with Crippen LogP contribution in [0.25, 0.3) is 11.3 Å². The van der Waals surface area contributed by atoms with Gasteiger partial charge in [0, 0.05) is 29.4 Å². The number of anilines is 2. The molecular formula is C27H30F3N7O4. The van der Waals surface area contributed by atoms with Gasteiger partial charge >= 0.3 is 12.3 Å². The zero-order valence-corrected chi connectivity index (χ0v) is 22.6. The molecule has 0 saturated carbocycles. The average Bonchev–Trinajstić information content (AvgIpc) is 2.89. The van der Waals surface area contributed by atoms with E-state index < -0.39 is 35.8 Å². The second-order valence-corrected chi connectivity index (χ2v) is 9.19. The minimum absolute atomic E-state index is 0.0158. The molecule has 2 aromatic carbocycles. The molecule has 2 amide bonds. The van der Waals surface area contributed by atoms with Gasteiger partial charge in [-0.05, 0) is 44.5 Å². The van der Waals surface area contributed by atoms with Crippen molar-refractivity contribution in [3.05, 3.63) is 75.7 Å². The molecule has 0 radical (unpaired) electrons. The number of amides is 2. The number of carbonyl (C=O) groups excluding carboxylic acids is 2. The number of aromatic nitrogens is 2. The number of hydrogen-bond acceptors (Lipinski definition) is 7. The summed E-state index contributed by atoms with van der Waals surface area (Å²) in [6.45, 7) is 4.92. The minimum Gasteiger partial charge on any atom is -0.448 e. The van der Waals surface area contributed by atoms with E-state index in [1.807, 2.05) is 0 Å². The Morgan fingerprint density at radius 3 is 2.44 bits per heavy atom. The number of carbonyl (C=O) groups is 2. The zero-order valence-electron chi connectivity index (χ0n) is 22.6. The number of amidine groups is 1. The first-order chi connectivity index (χ1) is 19.3. The molecule has 41 heavy (non-hydrogen) atoms. The molecule has 1 heterocycles. The second kappa shape index (κ2) is 13.0. The van der Waals surface area contributed by atoms with Crippen LogP contribution in [0, 0.1) is 0 Å². The summed E-state index contributed by atoms with van der Waals surface area (Å²) in [6.07, 6.45) is -4.27. The molecule has 11 nitrogen and oxygen atoms in total. The average molecular weight is 574 g/mol. The molecule has 1 aromatic heterocycles. The van der Waals surface area contributed by atoms with Gasteiger partial charge in [-0.1, -0.05) is 24.3 Å². The molecule has 14 heteroatoms. The van der Waals surface area contributed by atoms with E-state index in [4.69, 9.17) is 16.2 Å². The molecule has 0 aliphatic rings. The number of nitrogens with one attached hydrogen (secondary N) is 2. The van der Waals surface area contributed by atoms with Crippen LogP contribution in [0.3, 0.4) is 0 Å². The van der Waals surface area contributed by atoms with Gasteiger partial charge in [-0.3, -0.25) is 14.2 Å². The van der Waals surface area contributed by atoms with Gasteiger partial charge in [0.1, 0.15) is 12.4 Å². The monoisotopic (exact) mass is 573 g/mol. The standard InChI is InChI=1S/C27H30F3N7O4/c1-4-41-26(40)36-23(32)17-7-5-16(6-8-17)12-33-22(38)14-37-21(13-34-24(25(37)39)35-15(2)3)18-9-19(27(28,29)30)11-20(31)10-18/h5-11,13,15H,4,12,14,31H2,1-3H3,(H,33,38)(H,34,35)(H2,32,36,40). The van der Waals surface area contributed by atoms with Crippen molar-refractivity contribution in [2.24, 2.45) is 10.7 Å². The topological polar surface area (TPSA) is 167 Å². The lowest BCUT2D eigenvalue weighted by Crippen LogP contribution is -2.35. The molecule has 0 spiro atoms. The first-order valence-corrected chi connectivity index (χ1v) is 12.5. The SMILES string of the molecule is CCOC(=O)/N=C(\N)c1ccc(CNC(=O)Cn2c(-c3cc(N)cc(C(F)(F)F)c3)cnc(NC(C)C)c2=O)cc1. The highest BCUT2D eigenvalue weighted by Gasteiger charge is 2.31. The lowest BCUT2D eigenvalue weighted by Gasteiger charge is -2.17. The maximum Gasteiger partial charge on any atom is 0.435 e. The van der Waals surface area contributed by atoms with Crippen LogP contribution in [0.5, 0.6) is 0 Å². The van der Waals surface area contributed by atoms with Crippen LogP contribution < -0.4 is 27.7 Å². The van der Waals surface area contributed by atoms with Crippen LogP contribution in [0.15, 0.2) is 58.4 Å². The fourth-order valence-corrected chi connectivity index (χ4v) is 3.72. The summed E-state index contributed by atoms with van der Waals surface area (Å²) in [5.74, 6) is -0.679. The molecule has 0 atom stereocenters. The van der Waals surface area contributed by atoms with Gasteiger partial charge in [-0.2, -0.15) is 18.2 Å². The Labute approximate surface area is 233 Å². The maximum absolute atomic E-state index is 13.4. The van der Waals surface area contributed by atoms with Gasteiger partial charge in [0.15, 0.2) is 5.82 Å². The quantitative estimate of drug-likeness (QED) is 0.171. The second-order valence-electron chi connectivity index (χ2n) is 9.19. The van der Waals surface area contributed by atoms with Crippen LogP contribution in [0.2, 0.25) is 0 Å². The van der Waals surface area contributed by atoms with Crippen molar-refractivity contribution < 1.29 is 27.5 Å². The van der Waals surface area contributed by atoms with Gasteiger partial charge in [-0.25, -0.2) is 9.78 Å². The lowest BCUT2D eigenvalue weighted by molar-refractivity contribution is -0.137. The molecule has 3 rings (SSSR count). The summed E-state index contributed by atoms with van der Waals surface area (Å²) in [4.78, 5) is 45.3. The Morgan fingerprint density at radius 1 is 1.15 bits per heavy atom. The largest absolute Gasteiger partial charge is 0.448 e. The number of ether oxygens (including phenoxy) is 1. The van der Waals surface area contributed by atoms with Crippen LogP contribution in [-0.4, -0.2) is 40.0 Å². The summed E-state index contributed by atoms with van der Waals surface area (Å²) in [5, 5.41) is 5.55. The highest BCUT2D eigenvalue weighted by Crippen LogP contribution is 2.34. The Hall–Kier alpha value is -4.88. The van der Waals surface area contributed by atoms with Crippen molar-refractivity contribution >= 4 is 29.3 Å². The molecule has 0 saturated heterocycles. The molecule has 218 valence electrons. The number of hydrogen-bond donors (Lipinski definition) is 4. The van der Waals surface area contributed by atoms with E-state index in [9.17, 15) is 27.6 Å². The van der Waals surface area contributed by atoms with Gasteiger partial charge in [0.05, 0.1) is 24.1 Å². The fourth-order valence-electron chi connectivity index (χ4n) is 3.72. The third kappa shape index (κ3) is 8.30. The van der Waals surface area contributed by atoms with Gasteiger partial charge in [0.25, 0.3) is 5.56 Å². The van der Waals surface area contributed by atoms with E-state index in [0.717, 1.165) is 16.7 Å². The first-order valence-electron chi connectivity index (χ1n) is 12.5. The van der Waals surface area contributed by atoms with Crippen molar-refractivity contribution in [2.75, 3.05) is 17.7 Å². The fraction of sp³-hybridized carbons (Fsp3) is 0.296. The molecule has 0 bridgehead atoms. The molecular weight excluding hydrogens is 543 g/mol. The van der Waals surface area contributed by atoms with Crippen molar-refractivity contribution in [2.45, 2.75) is 46.1 Å². The van der Waals surface area contributed by atoms with E-state index in [1.54, 1.807) is 45.0 Å². The van der Waals surface area contributed by atoms with E-state index >= 15 is 0 Å². The van der Waals surface area contributed by atoms with Crippen LogP contribution in [0.1, 0.15) is 37.5 Å². The van der Waals surface area contributed by atoms with Crippen molar-refractivity contribution in [3.8, 4) is 11.3 Å². The van der Waals surface area contributed by atoms with Crippen molar-refractivity contribution in [1.29, 1.82) is 0 Å². The number of benzene rings is 2. The third-order valence-corrected chi connectivity index (χ3v) is 5.58. The molecule has 0 aliphatic carbocycles. The summed E-state index contributed by atoms with van der Waals surface area (Å²) in [7, 11) is 0. The Balaban J connectivity index is 1.85. The highest BCUT2D eigenvalue weighted by molar-refractivity contribution is 6.02. The van der Waals surface area contributed by atoms with E-state index in [-0.39, 0.29) is 47.8 Å². The number of rotatable bonds is 9. The summed E-state index contributed by atoms with van der Waals surface area (Å²) in [6, 6.07) is 9.24. The van der Waals surface area contributed by atoms with E-state index in [0.29, 0.717) is 11.1 Å². The number of nitrogen functional groups attached to an aromatic ring is 1. The molecule has 0 unspecified atom stereocenters. The highest BCUT2D eigenvalue weighted by atomic mass is 19.4. The molecule has 0 fully saturated rings. The summed E-state index contributed by atoms with van der Waals surface area (Å²) < 4.78 is 46.1.